The second-order valence-electron chi connectivity index (χ2n) is 9.79. The van der Waals surface area contributed by atoms with Crippen LogP contribution >= 0.6 is 23.4 Å². The van der Waals surface area contributed by atoms with Crippen LogP contribution in [0.3, 0.4) is 0 Å². The van der Waals surface area contributed by atoms with Crippen LogP contribution in [0.25, 0.3) is 0 Å². The van der Waals surface area contributed by atoms with E-state index in [1.165, 1.54) is 17.3 Å². The van der Waals surface area contributed by atoms with Gasteiger partial charge in [0.25, 0.3) is 0 Å². The quantitative estimate of drug-likeness (QED) is 0.178. The summed E-state index contributed by atoms with van der Waals surface area (Å²) in [7, 11) is 0. The molecule has 1 saturated heterocycles. The van der Waals surface area contributed by atoms with Crippen molar-refractivity contribution in [3.05, 3.63) is 83.0 Å². The van der Waals surface area contributed by atoms with Crippen molar-refractivity contribution in [1.82, 2.24) is 19.8 Å². The highest BCUT2D eigenvalue weighted by Crippen LogP contribution is 2.25. The Bertz CT molecular complexity index is 1230. The standard InChI is InChI=1S/C30H36ClN5O2S/c1-3-10-28(37)36-18-17-34(20-23(36)2)27-19-26(31)32-30(33-27)39-22-29(38)35(21-25-13-8-5-9-14-25)16-15-24-11-6-4-7-12-24/h4-9,11-14,19,23H,3,10,15-18,20-22H2,1-2H3. The van der Waals surface area contributed by atoms with Crippen molar-refractivity contribution < 1.29 is 9.59 Å². The average molecular weight is 566 g/mol. The summed E-state index contributed by atoms with van der Waals surface area (Å²) in [4.78, 5) is 40.9. The molecule has 0 aliphatic carbocycles. The maximum atomic E-state index is 13.4. The van der Waals surface area contributed by atoms with Crippen molar-refractivity contribution in [2.45, 2.75) is 50.9 Å². The number of carbonyl (C=O) groups is 2. The van der Waals surface area contributed by atoms with Gasteiger partial charge in [0.1, 0.15) is 11.0 Å². The van der Waals surface area contributed by atoms with Crippen molar-refractivity contribution in [1.29, 1.82) is 0 Å². The molecule has 206 valence electrons. The first kappa shape index (κ1) is 28.9. The van der Waals surface area contributed by atoms with Crippen LogP contribution in [0.1, 0.15) is 37.8 Å². The molecule has 1 aromatic heterocycles. The molecule has 7 nitrogen and oxygen atoms in total. The minimum Gasteiger partial charge on any atom is -0.353 e. The maximum Gasteiger partial charge on any atom is 0.233 e. The van der Waals surface area contributed by atoms with Gasteiger partial charge in [0.05, 0.1) is 5.75 Å². The topological polar surface area (TPSA) is 69.6 Å². The summed E-state index contributed by atoms with van der Waals surface area (Å²) in [5.74, 6) is 1.18. The van der Waals surface area contributed by atoms with Gasteiger partial charge < -0.3 is 14.7 Å². The summed E-state index contributed by atoms with van der Waals surface area (Å²) < 4.78 is 0. The van der Waals surface area contributed by atoms with Crippen molar-refractivity contribution in [2.24, 2.45) is 0 Å². The van der Waals surface area contributed by atoms with Gasteiger partial charge in [0.15, 0.2) is 5.16 Å². The van der Waals surface area contributed by atoms with Gasteiger partial charge in [0.2, 0.25) is 11.8 Å². The number of carbonyl (C=O) groups excluding carboxylic acids is 2. The molecule has 2 amide bonds. The van der Waals surface area contributed by atoms with E-state index in [4.69, 9.17) is 16.6 Å². The van der Waals surface area contributed by atoms with Crippen molar-refractivity contribution >= 4 is 41.0 Å². The number of amides is 2. The molecule has 9 heteroatoms. The summed E-state index contributed by atoms with van der Waals surface area (Å²) in [6.07, 6.45) is 2.21. The van der Waals surface area contributed by atoms with Crippen LogP contribution in [0.5, 0.6) is 0 Å². The van der Waals surface area contributed by atoms with E-state index in [2.05, 4.69) is 28.9 Å². The molecule has 1 aliphatic heterocycles. The van der Waals surface area contributed by atoms with Gasteiger partial charge >= 0.3 is 0 Å². The summed E-state index contributed by atoms with van der Waals surface area (Å²) >= 11 is 7.68. The zero-order chi connectivity index (χ0) is 27.6. The fourth-order valence-corrected chi connectivity index (χ4v) is 5.71. The number of benzene rings is 2. The Labute approximate surface area is 240 Å². The highest BCUT2D eigenvalue weighted by atomic mass is 35.5. The second kappa shape index (κ2) is 14.3. The molecule has 0 saturated carbocycles. The summed E-state index contributed by atoms with van der Waals surface area (Å²) in [6.45, 7) is 7.27. The Hall–Kier alpha value is -3.10. The Morgan fingerprint density at radius 1 is 1.03 bits per heavy atom. The van der Waals surface area contributed by atoms with Gasteiger partial charge in [-0.15, -0.1) is 0 Å². The molecule has 0 N–H and O–H groups in total. The first-order valence-electron chi connectivity index (χ1n) is 13.5. The molecule has 2 aromatic carbocycles. The summed E-state index contributed by atoms with van der Waals surface area (Å²) in [5, 5.41) is 0.822. The molecule has 3 aromatic rings. The van der Waals surface area contributed by atoms with Crippen LogP contribution in [0.2, 0.25) is 5.15 Å². The fourth-order valence-electron chi connectivity index (χ4n) is 4.73. The third-order valence-electron chi connectivity index (χ3n) is 6.80. The maximum absolute atomic E-state index is 13.4. The highest BCUT2D eigenvalue weighted by Gasteiger charge is 2.28. The van der Waals surface area contributed by atoms with Crippen molar-refractivity contribution in [2.75, 3.05) is 36.8 Å². The molecule has 4 rings (SSSR count). The molecule has 1 unspecified atom stereocenters. The number of aromatic nitrogens is 2. The largest absolute Gasteiger partial charge is 0.353 e. The van der Waals surface area contributed by atoms with Crippen LogP contribution in [0, 0.1) is 0 Å². The predicted molar refractivity (Wildman–Crippen MR) is 158 cm³/mol. The van der Waals surface area contributed by atoms with E-state index >= 15 is 0 Å². The average Bonchev–Trinajstić information content (AvgIpc) is 2.95. The number of hydrogen-bond donors (Lipinski definition) is 0. The minimum atomic E-state index is 0.0292. The molecule has 2 heterocycles. The van der Waals surface area contributed by atoms with E-state index in [-0.39, 0.29) is 23.6 Å². The normalized spacial score (nSPS) is 15.3. The molecule has 0 radical (unpaired) electrons. The summed E-state index contributed by atoms with van der Waals surface area (Å²) in [6, 6.07) is 22.1. The molecular formula is C30H36ClN5O2S. The predicted octanol–water partition coefficient (Wildman–Crippen LogP) is 5.33. The van der Waals surface area contributed by atoms with Crippen LogP contribution in [-0.4, -0.2) is 69.6 Å². The number of thioether (sulfide) groups is 1. The number of halogens is 1. The zero-order valence-electron chi connectivity index (χ0n) is 22.6. The number of nitrogens with zero attached hydrogens (tertiary/aromatic N) is 5. The van der Waals surface area contributed by atoms with Gasteiger partial charge in [-0.05, 0) is 30.9 Å². The van der Waals surface area contributed by atoms with E-state index in [1.54, 1.807) is 6.07 Å². The lowest BCUT2D eigenvalue weighted by molar-refractivity contribution is -0.133. The van der Waals surface area contributed by atoms with E-state index in [9.17, 15) is 9.59 Å². The van der Waals surface area contributed by atoms with Crippen LogP contribution < -0.4 is 4.90 Å². The van der Waals surface area contributed by atoms with E-state index in [0.29, 0.717) is 49.5 Å². The zero-order valence-corrected chi connectivity index (χ0v) is 24.2. The molecular weight excluding hydrogens is 530 g/mol. The molecule has 1 atom stereocenters. The van der Waals surface area contributed by atoms with E-state index in [1.807, 2.05) is 65.3 Å². The van der Waals surface area contributed by atoms with Gasteiger partial charge in [0, 0.05) is 51.3 Å². The fraction of sp³-hybridized carbons (Fsp3) is 0.400. The number of hydrogen-bond acceptors (Lipinski definition) is 6. The first-order chi connectivity index (χ1) is 18.9. The number of anilines is 1. The third kappa shape index (κ3) is 8.44. The Kier molecular flexibility index (Phi) is 10.6. The molecule has 1 aliphatic rings. The number of rotatable bonds is 11. The van der Waals surface area contributed by atoms with Crippen LogP contribution in [0.4, 0.5) is 5.82 Å². The second-order valence-corrected chi connectivity index (χ2v) is 11.1. The molecule has 39 heavy (non-hydrogen) atoms. The van der Waals surface area contributed by atoms with E-state index in [0.717, 1.165) is 24.2 Å². The molecule has 1 fully saturated rings. The molecule has 0 bridgehead atoms. The van der Waals surface area contributed by atoms with E-state index < -0.39 is 0 Å². The number of piperazine rings is 1. The Morgan fingerprint density at radius 2 is 1.72 bits per heavy atom. The SMILES string of the molecule is CCCC(=O)N1CCN(c2cc(Cl)nc(SCC(=O)N(CCc3ccccc3)Cc3ccccc3)n2)CC1C. The third-order valence-corrected chi connectivity index (χ3v) is 7.83. The molecule has 0 spiro atoms. The lowest BCUT2D eigenvalue weighted by Gasteiger charge is -2.40. The lowest BCUT2D eigenvalue weighted by Crippen LogP contribution is -2.54. The summed E-state index contributed by atoms with van der Waals surface area (Å²) in [5.41, 5.74) is 2.29. The van der Waals surface area contributed by atoms with Crippen molar-refractivity contribution in [3.63, 3.8) is 0 Å². The Morgan fingerprint density at radius 3 is 2.38 bits per heavy atom. The van der Waals surface area contributed by atoms with Crippen molar-refractivity contribution in [3.8, 4) is 0 Å². The highest BCUT2D eigenvalue weighted by molar-refractivity contribution is 7.99. The van der Waals surface area contributed by atoms with Gasteiger partial charge in [-0.3, -0.25) is 9.59 Å². The van der Waals surface area contributed by atoms with Crippen LogP contribution in [0.15, 0.2) is 71.9 Å². The smallest absolute Gasteiger partial charge is 0.233 e. The Balaban J connectivity index is 1.40. The monoisotopic (exact) mass is 565 g/mol. The first-order valence-corrected chi connectivity index (χ1v) is 14.9. The minimum absolute atomic E-state index is 0.0292. The lowest BCUT2D eigenvalue weighted by atomic mass is 10.1. The van der Waals surface area contributed by atoms with Gasteiger partial charge in [-0.1, -0.05) is 91.0 Å². The van der Waals surface area contributed by atoms with Gasteiger partial charge in [-0.2, -0.15) is 0 Å². The van der Waals surface area contributed by atoms with Gasteiger partial charge in [-0.25, -0.2) is 9.97 Å². The van der Waals surface area contributed by atoms with Crippen LogP contribution in [-0.2, 0) is 22.6 Å².